The molecule has 2 N–H and O–H groups in total. The van der Waals surface area contributed by atoms with Crippen LogP contribution in [-0.2, 0) is 16.0 Å². The van der Waals surface area contributed by atoms with Crippen LogP contribution in [0.4, 0.5) is 0 Å². The Hall–Kier alpha value is -1.55. The van der Waals surface area contributed by atoms with E-state index in [2.05, 4.69) is 13.8 Å². The third-order valence-corrected chi connectivity index (χ3v) is 3.08. The molecule has 1 rings (SSSR count). The maximum Gasteiger partial charge on any atom is 0.323 e. The lowest BCUT2D eigenvalue weighted by atomic mass is 9.93. The van der Waals surface area contributed by atoms with Gasteiger partial charge in [-0.3, -0.25) is 4.79 Å². The third-order valence-electron chi connectivity index (χ3n) is 3.08. The van der Waals surface area contributed by atoms with Crippen LogP contribution in [0.2, 0.25) is 0 Å². The van der Waals surface area contributed by atoms with Crippen molar-refractivity contribution in [1.82, 2.24) is 0 Å². The molecule has 0 aromatic heterocycles. The Morgan fingerprint density at radius 1 is 1.25 bits per heavy atom. The van der Waals surface area contributed by atoms with Crippen LogP contribution >= 0.6 is 0 Å². The van der Waals surface area contributed by atoms with E-state index < -0.39 is 6.04 Å². The van der Waals surface area contributed by atoms with Crippen molar-refractivity contribution in [2.75, 3.05) is 13.2 Å². The lowest BCUT2D eigenvalue weighted by molar-refractivity contribution is -0.144. The standard InChI is InChI=1S/C16H25NO3/c1-5-19-13-8-7-12(14(10-13)11(3)4)9-15(17)16(18)20-6-2/h7-8,10-11,15H,5-6,9,17H2,1-4H3. The van der Waals surface area contributed by atoms with Crippen LogP contribution in [-0.4, -0.2) is 25.2 Å². The van der Waals surface area contributed by atoms with E-state index in [0.717, 1.165) is 16.9 Å². The van der Waals surface area contributed by atoms with E-state index in [-0.39, 0.29) is 5.97 Å². The van der Waals surface area contributed by atoms with Crippen molar-refractivity contribution in [2.24, 2.45) is 5.73 Å². The van der Waals surface area contributed by atoms with E-state index in [9.17, 15) is 4.79 Å². The molecule has 0 aliphatic carbocycles. The second-order valence-corrected chi connectivity index (χ2v) is 5.01. The summed E-state index contributed by atoms with van der Waals surface area (Å²) in [5.74, 6) is 0.848. The fraction of sp³-hybridized carbons (Fsp3) is 0.562. The fourth-order valence-electron chi connectivity index (χ4n) is 2.12. The van der Waals surface area contributed by atoms with Gasteiger partial charge in [0.25, 0.3) is 0 Å². The first-order valence-electron chi connectivity index (χ1n) is 7.17. The Kier molecular flexibility index (Phi) is 6.52. The highest BCUT2D eigenvalue weighted by atomic mass is 16.5. The molecule has 1 atom stereocenters. The summed E-state index contributed by atoms with van der Waals surface area (Å²) in [6.45, 7) is 8.96. The summed E-state index contributed by atoms with van der Waals surface area (Å²) in [5, 5.41) is 0. The summed E-state index contributed by atoms with van der Waals surface area (Å²) in [4.78, 5) is 11.6. The summed E-state index contributed by atoms with van der Waals surface area (Å²) in [6, 6.07) is 5.31. The lowest BCUT2D eigenvalue weighted by Crippen LogP contribution is -2.34. The van der Waals surface area contributed by atoms with Crippen molar-refractivity contribution in [1.29, 1.82) is 0 Å². The molecule has 0 saturated heterocycles. The van der Waals surface area contributed by atoms with Gasteiger partial charge in [0.05, 0.1) is 13.2 Å². The van der Waals surface area contributed by atoms with Gasteiger partial charge in [-0.05, 0) is 49.4 Å². The Balaban J connectivity index is 2.91. The Bertz CT molecular complexity index is 443. The van der Waals surface area contributed by atoms with E-state index in [1.807, 2.05) is 25.1 Å². The Morgan fingerprint density at radius 2 is 1.95 bits per heavy atom. The molecule has 20 heavy (non-hydrogen) atoms. The second kappa shape index (κ2) is 7.90. The van der Waals surface area contributed by atoms with Crippen molar-refractivity contribution < 1.29 is 14.3 Å². The number of hydrogen-bond acceptors (Lipinski definition) is 4. The van der Waals surface area contributed by atoms with E-state index >= 15 is 0 Å². The maximum atomic E-state index is 11.6. The molecule has 0 saturated carbocycles. The first kappa shape index (κ1) is 16.5. The quantitative estimate of drug-likeness (QED) is 0.779. The highest BCUT2D eigenvalue weighted by Gasteiger charge is 2.18. The molecule has 0 aliphatic rings. The zero-order chi connectivity index (χ0) is 15.1. The van der Waals surface area contributed by atoms with Gasteiger partial charge in [-0.15, -0.1) is 0 Å². The predicted octanol–water partition coefficient (Wildman–Crippen LogP) is 2.64. The average Bonchev–Trinajstić information content (AvgIpc) is 2.40. The number of rotatable bonds is 7. The summed E-state index contributed by atoms with van der Waals surface area (Å²) in [6.07, 6.45) is 0.485. The van der Waals surface area contributed by atoms with Crippen molar-refractivity contribution in [3.63, 3.8) is 0 Å². The topological polar surface area (TPSA) is 61.5 Å². The van der Waals surface area contributed by atoms with E-state index in [0.29, 0.717) is 25.6 Å². The number of carbonyl (C=O) groups excluding carboxylic acids is 1. The molecule has 1 unspecified atom stereocenters. The van der Waals surface area contributed by atoms with Gasteiger partial charge >= 0.3 is 5.97 Å². The van der Waals surface area contributed by atoms with Gasteiger partial charge in [0.1, 0.15) is 11.8 Å². The predicted molar refractivity (Wildman–Crippen MR) is 80.0 cm³/mol. The monoisotopic (exact) mass is 279 g/mol. The molecular formula is C16H25NO3. The number of esters is 1. The van der Waals surface area contributed by atoms with Gasteiger partial charge in [0, 0.05) is 0 Å². The van der Waals surface area contributed by atoms with E-state index in [1.54, 1.807) is 6.92 Å². The first-order valence-corrected chi connectivity index (χ1v) is 7.17. The molecular weight excluding hydrogens is 254 g/mol. The van der Waals surface area contributed by atoms with Gasteiger partial charge in [-0.2, -0.15) is 0 Å². The maximum absolute atomic E-state index is 11.6. The fourth-order valence-corrected chi connectivity index (χ4v) is 2.12. The van der Waals surface area contributed by atoms with Gasteiger partial charge < -0.3 is 15.2 Å². The van der Waals surface area contributed by atoms with E-state index in [1.165, 1.54) is 0 Å². The van der Waals surface area contributed by atoms with Crippen molar-refractivity contribution in [3.05, 3.63) is 29.3 Å². The molecule has 1 aromatic rings. The smallest absolute Gasteiger partial charge is 0.323 e. The van der Waals surface area contributed by atoms with Crippen LogP contribution in [0.15, 0.2) is 18.2 Å². The number of hydrogen-bond donors (Lipinski definition) is 1. The summed E-state index contributed by atoms with van der Waals surface area (Å²) < 4.78 is 10.5. The van der Waals surface area contributed by atoms with Crippen molar-refractivity contribution >= 4 is 5.97 Å². The molecule has 112 valence electrons. The lowest BCUT2D eigenvalue weighted by Gasteiger charge is -2.17. The third kappa shape index (κ3) is 4.53. The zero-order valence-electron chi connectivity index (χ0n) is 12.8. The average molecular weight is 279 g/mol. The minimum absolute atomic E-state index is 0.347. The normalized spacial score (nSPS) is 12.3. The minimum atomic E-state index is -0.620. The highest BCUT2D eigenvalue weighted by Crippen LogP contribution is 2.25. The Labute approximate surface area is 121 Å². The molecule has 0 amide bonds. The van der Waals surface area contributed by atoms with Gasteiger partial charge in [0.15, 0.2) is 0 Å². The molecule has 0 aliphatic heterocycles. The largest absolute Gasteiger partial charge is 0.494 e. The van der Waals surface area contributed by atoms with E-state index in [4.69, 9.17) is 15.2 Å². The van der Waals surface area contributed by atoms with Crippen LogP contribution < -0.4 is 10.5 Å². The van der Waals surface area contributed by atoms with Crippen LogP contribution in [0.3, 0.4) is 0 Å². The van der Waals surface area contributed by atoms with Crippen molar-refractivity contribution in [2.45, 2.75) is 46.1 Å². The molecule has 0 bridgehead atoms. The van der Waals surface area contributed by atoms with Gasteiger partial charge in [-0.1, -0.05) is 19.9 Å². The SMILES string of the molecule is CCOC(=O)C(N)Cc1ccc(OCC)cc1C(C)C. The number of carbonyl (C=O) groups is 1. The number of ether oxygens (including phenoxy) is 2. The number of nitrogens with two attached hydrogens (primary N) is 1. The molecule has 0 radical (unpaired) electrons. The van der Waals surface area contributed by atoms with Crippen LogP contribution in [0.5, 0.6) is 5.75 Å². The highest BCUT2D eigenvalue weighted by molar-refractivity contribution is 5.76. The molecule has 4 heteroatoms. The van der Waals surface area contributed by atoms with Gasteiger partial charge in [-0.25, -0.2) is 0 Å². The number of benzene rings is 1. The molecule has 1 aromatic carbocycles. The van der Waals surface area contributed by atoms with Gasteiger partial charge in [0.2, 0.25) is 0 Å². The first-order chi connectivity index (χ1) is 9.49. The second-order valence-electron chi connectivity index (χ2n) is 5.01. The summed E-state index contributed by atoms with van der Waals surface area (Å²) in [5.41, 5.74) is 8.13. The minimum Gasteiger partial charge on any atom is -0.494 e. The van der Waals surface area contributed by atoms with Crippen molar-refractivity contribution in [3.8, 4) is 5.75 Å². The molecule has 0 spiro atoms. The Morgan fingerprint density at radius 3 is 2.50 bits per heavy atom. The summed E-state index contributed by atoms with van der Waals surface area (Å²) >= 11 is 0. The van der Waals surface area contributed by atoms with Crippen LogP contribution in [0, 0.1) is 0 Å². The molecule has 0 heterocycles. The molecule has 0 fully saturated rings. The van der Waals surface area contributed by atoms with Crippen LogP contribution in [0.25, 0.3) is 0 Å². The summed E-state index contributed by atoms with van der Waals surface area (Å²) in [7, 11) is 0. The van der Waals surface area contributed by atoms with Crippen LogP contribution in [0.1, 0.15) is 44.7 Å². The zero-order valence-corrected chi connectivity index (χ0v) is 12.8. The molecule has 4 nitrogen and oxygen atoms in total.